The third kappa shape index (κ3) is 5.14. The van der Waals surface area contributed by atoms with Crippen LogP contribution in [-0.2, 0) is 10.0 Å². The van der Waals surface area contributed by atoms with E-state index >= 15 is 0 Å². The Morgan fingerprint density at radius 1 is 1.24 bits per heavy atom. The van der Waals surface area contributed by atoms with Gasteiger partial charge < -0.3 is 5.32 Å². The topological polar surface area (TPSA) is 58.2 Å². The van der Waals surface area contributed by atoms with Crippen LogP contribution in [0.25, 0.3) is 0 Å². The first-order chi connectivity index (χ1) is 8.05. The number of sulfonamides is 1. The zero-order valence-corrected chi connectivity index (χ0v) is 10.6. The van der Waals surface area contributed by atoms with Crippen LogP contribution in [0.1, 0.15) is 13.3 Å². The standard InChI is InChI=1S/C11H17FN2O2S/c1-2-7-13-8-9-17(15,16)14-11-6-4-3-5-10(11)12/h3-6,13-14H,2,7-9H2,1H3. The molecule has 0 aliphatic rings. The second-order valence-corrected chi connectivity index (χ2v) is 5.49. The highest BCUT2D eigenvalue weighted by atomic mass is 32.2. The number of nitrogens with one attached hydrogen (secondary N) is 2. The quantitative estimate of drug-likeness (QED) is 0.732. The van der Waals surface area contributed by atoms with Crippen LogP contribution < -0.4 is 10.0 Å². The lowest BCUT2D eigenvalue weighted by atomic mass is 10.3. The van der Waals surface area contributed by atoms with Crippen molar-refractivity contribution >= 4 is 15.7 Å². The smallest absolute Gasteiger partial charge is 0.234 e. The Labute approximate surface area is 101 Å². The van der Waals surface area contributed by atoms with E-state index in [-0.39, 0.29) is 11.4 Å². The summed E-state index contributed by atoms with van der Waals surface area (Å²) in [5.74, 6) is -0.640. The summed E-state index contributed by atoms with van der Waals surface area (Å²) in [6, 6.07) is 5.70. The number of benzene rings is 1. The van der Waals surface area contributed by atoms with Crippen molar-refractivity contribution in [1.82, 2.24) is 5.32 Å². The zero-order valence-electron chi connectivity index (χ0n) is 9.74. The third-order valence-corrected chi connectivity index (χ3v) is 3.39. The predicted octanol–water partition coefficient (Wildman–Crippen LogP) is 1.57. The lowest BCUT2D eigenvalue weighted by Gasteiger charge is -2.09. The SMILES string of the molecule is CCCNCCS(=O)(=O)Nc1ccccc1F. The van der Waals surface area contributed by atoms with Crippen molar-refractivity contribution < 1.29 is 12.8 Å². The Morgan fingerprint density at radius 3 is 2.59 bits per heavy atom. The van der Waals surface area contributed by atoms with Gasteiger partial charge in [0.15, 0.2) is 0 Å². The monoisotopic (exact) mass is 260 g/mol. The minimum Gasteiger partial charge on any atom is -0.316 e. The molecule has 0 atom stereocenters. The summed E-state index contributed by atoms with van der Waals surface area (Å²) in [4.78, 5) is 0. The van der Waals surface area contributed by atoms with E-state index < -0.39 is 15.8 Å². The highest BCUT2D eigenvalue weighted by Crippen LogP contribution is 2.13. The van der Waals surface area contributed by atoms with Gasteiger partial charge in [-0.1, -0.05) is 19.1 Å². The largest absolute Gasteiger partial charge is 0.316 e. The minimum atomic E-state index is -3.49. The van der Waals surface area contributed by atoms with Gasteiger partial charge in [0.1, 0.15) is 5.82 Å². The zero-order chi connectivity index (χ0) is 12.7. The molecule has 96 valence electrons. The fourth-order valence-electron chi connectivity index (χ4n) is 1.27. The molecule has 0 saturated heterocycles. The van der Waals surface area contributed by atoms with E-state index in [1.54, 1.807) is 6.07 Å². The van der Waals surface area contributed by atoms with Gasteiger partial charge in [0.2, 0.25) is 10.0 Å². The van der Waals surface area contributed by atoms with Gasteiger partial charge in [0.25, 0.3) is 0 Å². The third-order valence-electron chi connectivity index (χ3n) is 2.11. The summed E-state index contributed by atoms with van der Waals surface area (Å²) in [7, 11) is -3.49. The number of para-hydroxylation sites is 1. The van der Waals surface area contributed by atoms with Gasteiger partial charge in [-0.2, -0.15) is 0 Å². The van der Waals surface area contributed by atoms with Gasteiger partial charge in [0, 0.05) is 6.54 Å². The van der Waals surface area contributed by atoms with Gasteiger partial charge in [-0.15, -0.1) is 0 Å². The molecule has 0 saturated carbocycles. The van der Waals surface area contributed by atoms with Crippen molar-refractivity contribution in [3.63, 3.8) is 0 Å². The second kappa shape index (κ2) is 6.56. The Hall–Kier alpha value is -1.14. The molecule has 0 radical (unpaired) electrons. The van der Waals surface area contributed by atoms with E-state index in [1.807, 2.05) is 6.92 Å². The molecule has 17 heavy (non-hydrogen) atoms. The molecule has 0 amide bonds. The van der Waals surface area contributed by atoms with Gasteiger partial charge >= 0.3 is 0 Å². The number of hydrogen-bond donors (Lipinski definition) is 2. The molecule has 0 spiro atoms. The molecule has 1 aromatic carbocycles. The van der Waals surface area contributed by atoms with Crippen LogP contribution in [0.15, 0.2) is 24.3 Å². The first-order valence-corrected chi connectivity index (χ1v) is 7.16. The van der Waals surface area contributed by atoms with Crippen LogP contribution in [0.4, 0.5) is 10.1 Å². The minimum absolute atomic E-state index is 0.0111. The summed E-state index contributed by atoms with van der Waals surface area (Å²) in [6.45, 7) is 3.13. The van der Waals surface area contributed by atoms with Crippen molar-refractivity contribution in [2.75, 3.05) is 23.6 Å². The van der Waals surface area contributed by atoms with E-state index in [0.29, 0.717) is 6.54 Å². The maximum Gasteiger partial charge on any atom is 0.234 e. The van der Waals surface area contributed by atoms with Gasteiger partial charge in [0.05, 0.1) is 11.4 Å². The van der Waals surface area contributed by atoms with E-state index in [1.165, 1.54) is 18.2 Å². The molecular formula is C11H17FN2O2S. The summed E-state index contributed by atoms with van der Waals surface area (Å²) >= 11 is 0. The first-order valence-electron chi connectivity index (χ1n) is 5.51. The molecule has 1 rings (SSSR count). The maximum atomic E-state index is 13.2. The number of anilines is 1. The van der Waals surface area contributed by atoms with Crippen molar-refractivity contribution in [2.24, 2.45) is 0 Å². The van der Waals surface area contributed by atoms with E-state index in [2.05, 4.69) is 10.0 Å². The van der Waals surface area contributed by atoms with Crippen molar-refractivity contribution in [3.05, 3.63) is 30.1 Å². The Balaban J connectivity index is 2.52. The molecule has 2 N–H and O–H groups in total. The van der Waals surface area contributed by atoms with Crippen molar-refractivity contribution in [1.29, 1.82) is 0 Å². The Morgan fingerprint density at radius 2 is 1.94 bits per heavy atom. The highest BCUT2D eigenvalue weighted by molar-refractivity contribution is 7.92. The van der Waals surface area contributed by atoms with Crippen molar-refractivity contribution in [2.45, 2.75) is 13.3 Å². The van der Waals surface area contributed by atoms with Crippen LogP contribution in [-0.4, -0.2) is 27.3 Å². The summed E-state index contributed by atoms with van der Waals surface area (Å²) < 4.78 is 38.6. The maximum absolute atomic E-state index is 13.2. The molecule has 0 aliphatic heterocycles. The summed E-state index contributed by atoms with van der Waals surface area (Å²) in [5, 5.41) is 2.98. The molecular weight excluding hydrogens is 243 g/mol. The fraction of sp³-hybridized carbons (Fsp3) is 0.455. The molecule has 6 heteroatoms. The molecule has 0 fully saturated rings. The lowest BCUT2D eigenvalue weighted by Crippen LogP contribution is -2.27. The van der Waals surface area contributed by atoms with Crippen LogP contribution in [0.5, 0.6) is 0 Å². The van der Waals surface area contributed by atoms with Gasteiger partial charge in [-0.25, -0.2) is 12.8 Å². The molecule has 0 bridgehead atoms. The molecule has 0 heterocycles. The predicted molar refractivity (Wildman–Crippen MR) is 67.0 cm³/mol. The van der Waals surface area contributed by atoms with Gasteiger partial charge in [-0.05, 0) is 25.1 Å². The summed E-state index contributed by atoms with van der Waals surface area (Å²) in [5.41, 5.74) is -0.0111. The van der Waals surface area contributed by atoms with Crippen molar-refractivity contribution in [3.8, 4) is 0 Å². The highest BCUT2D eigenvalue weighted by Gasteiger charge is 2.11. The number of hydrogen-bond acceptors (Lipinski definition) is 3. The van der Waals surface area contributed by atoms with Gasteiger partial charge in [-0.3, -0.25) is 4.72 Å². The summed E-state index contributed by atoms with van der Waals surface area (Å²) in [6.07, 6.45) is 0.945. The normalized spacial score (nSPS) is 11.4. The fourth-order valence-corrected chi connectivity index (χ4v) is 2.29. The average molecular weight is 260 g/mol. The van der Waals surface area contributed by atoms with Crippen LogP contribution >= 0.6 is 0 Å². The Bertz CT molecular complexity index is 449. The van der Waals surface area contributed by atoms with E-state index in [0.717, 1.165) is 13.0 Å². The Kier molecular flexibility index (Phi) is 5.37. The first kappa shape index (κ1) is 13.9. The van der Waals surface area contributed by atoms with Crippen LogP contribution in [0.2, 0.25) is 0 Å². The second-order valence-electron chi connectivity index (χ2n) is 3.65. The average Bonchev–Trinajstić information content (AvgIpc) is 2.28. The number of halogens is 1. The number of rotatable bonds is 7. The lowest BCUT2D eigenvalue weighted by molar-refractivity contribution is 0.593. The van der Waals surface area contributed by atoms with Crippen LogP contribution in [0.3, 0.4) is 0 Å². The van der Waals surface area contributed by atoms with E-state index in [4.69, 9.17) is 0 Å². The molecule has 0 aliphatic carbocycles. The van der Waals surface area contributed by atoms with E-state index in [9.17, 15) is 12.8 Å². The van der Waals surface area contributed by atoms with Crippen LogP contribution in [0, 0.1) is 5.82 Å². The molecule has 1 aromatic rings. The molecule has 0 aromatic heterocycles. The molecule has 4 nitrogen and oxygen atoms in total. The molecule has 0 unspecified atom stereocenters.